The summed E-state index contributed by atoms with van der Waals surface area (Å²) in [6, 6.07) is 28.7. The monoisotopic (exact) mass is 448 g/mol. The van der Waals surface area contributed by atoms with Gasteiger partial charge in [-0.05, 0) is 39.5 Å². The Balaban J connectivity index is 1.92. The van der Waals surface area contributed by atoms with Crippen LogP contribution in [-0.2, 0) is 21.0 Å². The van der Waals surface area contributed by atoms with Crippen molar-refractivity contribution >= 4 is 5.78 Å². The van der Waals surface area contributed by atoms with Crippen molar-refractivity contribution in [2.45, 2.75) is 64.2 Å². The molecule has 0 bridgehead atoms. The maximum atomic E-state index is 11.8. The summed E-state index contributed by atoms with van der Waals surface area (Å²) in [7, 11) is 0. The predicted octanol–water partition coefficient (Wildman–Crippen LogP) is 8.07. The normalized spacial score (nSPS) is 14.8. The lowest BCUT2D eigenvalue weighted by Gasteiger charge is -2.35. The molecule has 0 unspecified atom stereocenters. The molecule has 0 aliphatic heterocycles. The fourth-order valence-corrected chi connectivity index (χ4v) is 4.91. The van der Waals surface area contributed by atoms with Crippen LogP contribution in [0, 0.1) is 0 Å². The van der Waals surface area contributed by atoms with Crippen molar-refractivity contribution in [2.75, 3.05) is 0 Å². The first-order valence-corrected chi connectivity index (χ1v) is 12.2. The van der Waals surface area contributed by atoms with Gasteiger partial charge in [0.25, 0.3) is 0 Å². The molecule has 0 atom stereocenters. The number of carbonyl (C=O) groups is 1. The van der Waals surface area contributed by atoms with Gasteiger partial charge in [0, 0.05) is 22.7 Å². The van der Waals surface area contributed by atoms with Gasteiger partial charge in [0.2, 0.25) is 0 Å². The molecule has 3 aromatic carbocycles. The van der Waals surface area contributed by atoms with Gasteiger partial charge < -0.3 is 0 Å². The molecule has 3 aromatic rings. The minimum Gasteiger partial charge on any atom is -0.295 e. The van der Waals surface area contributed by atoms with Gasteiger partial charge in [-0.3, -0.25) is 4.79 Å². The van der Waals surface area contributed by atoms with Gasteiger partial charge in [-0.1, -0.05) is 133 Å². The molecule has 0 heterocycles. The van der Waals surface area contributed by atoms with Gasteiger partial charge in [0.1, 0.15) is 0 Å². The predicted molar refractivity (Wildman–Crippen MR) is 143 cm³/mol. The molecular weight excluding hydrogens is 412 g/mol. The molecule has 4 rings (SSSR count). The quantitative estimate of drug-likeness (QED) is 0.372. The highest BCUT2D eigenvalue weighted by molar-refractivity contribution is 5.92. The number of hydrogen-bond donors (Lipinski definition) is 0. The third-order valence-electron chi connectivity index (χ3n) is 7.78. The number of ketones is 1. The van der Waals surface area contributed by atoms with Gasteiger partial charge in [-0.25, -0.2) is 0 Å². The van der Waals surface area contributed by atoms with Crippen LogP contribution in [-0.4, -0.2) is 5.78 Å². The number of rotatable bonds is 6. The Morgan fingerprint density at radius 1 is 0.529 bits per heavy atom. The number of benzene rings is 3. The molecule has 0 amide bonds. The van der Waals surface area contributed by atoms with Gasteiger partial charge in [0.05, 0.1) is 0 Å². The highest BCUT2D eigenvalue weighted by Crippen LogP contribution is 2.42. The zero-order valence-electron chi connectivity index (χ0n) is 21.4. The van der Waals surface area contributed by atoms with E-state index in [0.29, 0.717) is 6.42 Å². The van der Waals surface area contributed by atoms with Crippen LogP contribution < -0.4 is 0 Å². The highest BCUT2D eigenvalue weighted by Gasteiger charge is 2.33. The summed E-state index contributed by atoms with van der Waals surface area (Å²) in [6.07, 6.45) is 6.30. The molecule has 1 nitrogen and oxygen atoms in total. The number of allylic oxidation sites excluding steroid dienone is 4. The lowest BCUT2D eigenvalue weighted by Crippen LogP contribution is -2.27. The highest BCUT2D eigenvalue weighted by atomic mass is 16.1. The third kappa shape index (κ3) is 4.44. The summed E-state index contributed by atoms with van der Waals surface area (Å²) in [4.78, 5) is 11.8. The second-order valence-corrected chi connectivity index (χ2v) is 11.1. The zero-order valence-corrected chi connectivity index (χ0v) is 21.4. The summed E-state index contributed by atoms with van der Waals surface area (Å²) >= 11 is 0. The van der Waals surface area contributed by atoms with E-state index in [9.17, 15) is 4.79 Å². The van der Waals surface area contributed by atoms with Crippen molar-refractivity contribution in [1.82, 2.24) is 0 Å². The van der Waals surface area contributed by atoms with Crippen LogP contribution in [0.4, 0.5) is 0 Å². The van der Waals surface area contributed by atoms with Gasteiger partial charge >= 0.3 is 0 Å². The lowest BCUT2D eigenvalue weighted by atomic mass is 9.68. The molecule has 174 valence electrons. The first kappa shape index (κ1) is 24.0. The van der Waals surface area contributed by atoms with Crippen molar-refractivity contribution in [3.63, 3.8) is 0 Å². The van der Waals surface area contributed by atoms with Gasteiger partial charge in [-0.15, -0.1) is 0 Å². The Morgan fingerprint density at radius 2 is 0.941 bits per heavy atom. The minimum atomic E-state index is -0.221. The van der Waals surface area contributed by atoms with E-state index in [-0.39, 0.29) is 22.0 Å². The van der Waals surface area contributed by atoms with E-state index in [1.807, 2.05) is 6.08 Å². The van der Waals surface area contributed by atoms with E-state index in [2.05, 4.69) is 126 Å². The number of hydrogen-bond acceptors (Lipinski definition) is 1. The fraction of sp³-hybridized carbons (Fsp3) is 0.303. The minimum absolute atomic E-state index is 0.151. The summed E-state index contributed by atoms with van der Waals surface area (Å²) in [5.41, 5.74) is 7.17. The topological polar surface area (TPSA) is 17.1 Å². The molecule has 0 saturated carbocycles. The zero-order chi connectivity index (χ0) is 24.6. The molecular formula is C33H36O. The van der Waals surface area contributed by atoms with Gasteiger partial charge in [-0.2, -0.15) is 0 Å². The van der Waals surface area contributed by atoms with Crippen LogP contribution >= 0.6 is 0 Å². The average molecular weight is 449 g/mol. The Labute approximate surface area is 205 Å². The maximum absolute atomic E-state index is 11.8. The molecule has 0 saturated heterocycles. The summed E-state index contributed by atoms with van der Waals surface area (Å²) in [5.74, 6) is 0.171. The maximum Gasteiger partial charge on any atom is 0.159 e. The molecule has 0 fully saturated rings. The summed E-state index contributed by atoms with van der Waals surface area (Å²) in [6.45, 7) is 13.8. The van der Waals surface area contributed by atoms with Crippen molar-refractivity contribution in [3.05, 3.63) is 130 Å². The Kier molecular flexibility index (Phi) is 6.25. The average Bonchev–Trinajstić information content (AvgIpc) is 2.85. The molecule has 1 aliphatic rings. The first-order valence-electron chi connectivity index (χ1n) is 12.2. The largest absolute Gasteiger partial charge is 0.295 e. The van der Waals surface area contributed by atoms with E-state index in [1.54, 1.807) is 6.08 Å². The van der Waals surface area contributed by atoms with E-state index in [1.165, 1.54) is 33.4 Å². The van der Waals surface area contributed by atoms with Crippen molar-refractivity contribution < 1.29 is 4.79 Å². The second-order valence-electron chi connectivity index (χ2n) is 11.1. The van der Waals surface area contributed by atoms with Crippen LogP contribution in [0.5, 0.6) is 0 Å². The first-order chi connectivity index (χ1) is 16.0. The molecule has 1 aliphatic carbocycles. The van der Waals surface area contributed by atoms with Crippen LogP contribution in [0.1, 0.15) is 75.8 Å². The summed E-state index contributed by atoms with van der Waals surface area (Å²) in [5, 5.41) is 0. The standard InChI is InChI=1S/C33H36O/c1-31(2,24-13-9-7-10-14-24)27-21-28(32(3,4)25-15-11-8-12-16-25)23-29(22-27)33(5,6)26-17-19-30(34)20-18-26/h7-19,21-23H,20H2,1-6H3. The molecule has 0 spiro atoms. The van der Waals surface area contributed by atoms with Crippen molar-refractivity contribution in [3.8, 4) is 0 Å². The van der Waals surface area contributed by atoms with E-state index in [0.717, 1.165) is 0 Å². The lowest BCUT2D eigenvalue weighted by molar-refractivity contribution is -0.113. The third-order valence-corrected chi connectivity index (χ3v) is 7.78. The van der Waals surface area contributed by atoms with Gasteiger partial charge in [0.15, 0.2) is 5.78 Å². The summed E-state index contributed by atoms with van der Waals surface area (Å²) < 4.78 is 0. The number of carbonyl (C=O) groups excluding carboxylic acids is 1. The Bertz CT molecular complexity index is 1170. The van der Waals surface area contributed by atoms with E-state index in [4.69, 9.17) is 0 Å². The molecule has 34 heavy (non-hydrogen) atoms. The SMILES string of the molecule is CC(C)(C1=CCC(=O)C=C1)c1cc(C(C)(C)c2ccccc2)cc(C(C)(C)c2ccccc2)c1. The fourth-order valence-electron chi connectivity index (χ4n) is 4.91. The molecule has 0 N–H and O–H groups in total. The van der Waals surface area contributed by atoms with Crippen LogP contribution in [0.15, 0.2) is 103 Å². The van der Waals surface area contributed by atoms with E-state index >= 15 is 0 Å². The Morgan fingerprint density at radius 3 is 1.32 bits per heavy atom. The molecule has 0 aromatic heterocycles. The van der Waals surface area contributed by atoms with Crippen molar-refractivity contribution in [2.24, 2.45) is 0 Å². The molecule has 0 radical (unpaired) electrons. The molecule has 1 heteroatoms. The second kappa shape index (κ2) is 8.87. The Hall–Kier alpha value is -3.19. The van der Waals surface area contributed by atoms with Crippen LogP contribution in [0.25, 0.3) is 0 Å². The van der Waals surface area contributed by atoms with Crippen molar-refractivity contribution in [1.29, 1.82) is 0 Å². The van der Waals surface area contributed by atoms with Crippen LogP contribution in [0.3, 0.4) is 0 Å². The van der Waals surface area contributed by atoms with E-state index < -0.39 is 0 Å². The smallest absolute Gasteiger partial charge is 0.159 e. The van der Waals surface area contributed by atoms with Crippen LogP contribution in [0.2, 0.25) is 0 Å².